The molecule has 5 nitrogen and oxygen atoms in total. The fourth-order valence-electron chi connectivity index (χ4n) is 4.83. The molecule has 0 bridgehead atoms. The highest BCUT2D eigenvalue weighted by molar-refractivity contribution is 5.78. The summed E-state index contributed by atoms with van der Waals surface area (Å²) < 4.78 is 20.3. The molecule has 2 aliphatic rings. The van der Waals surface area contributed by atoms with Crippen LogP contribution in [0.4, 0.5) is 4.39 Å². The van der Waals surface area contributed by atoms with Gasteiger partial charge in [-0.3, -0.25) is 14.7 Å². The lowest BCUT2D eigenvalue weighted by Crippen LogP contribution is -2.39. The average molecular weight is 440 g/mol. The first-order chi connectivity index (χ1) is 15.6. The molecule has 2 heterocycles. The number of benzene rings is 1. The van der Waals surface area contributed by atoms with Crippen molar-refractivity contribution in [3.8, 4) is 11.3 Å². The van der Waals surface area contributed by atoms with E-state index >= 15 is 0 Å². The molecular weight excluding hydrogens is 405 g/mol. The average Bonchev–Trinajstić information content (AvgIpc) is 2.80. The Morgan fingerprint density at radius 2 is 1.97 bits per heavy atom. The van der Waals surface area contributed by atoms with Crippen molar-refractivity contribution in [3.05, 3.63) is 53.5 Å². The molecule has 1 aromatic carbocycles. The maximum absolute atomic E-state index is 14.9. The zero-order chi connectivity index (χ0) is 22.3. The van der Waals surface area contributed by atoms with Crippen molar-refractivity contribution in [1.29, 1.82) is 0 Å². The predicted octanol–water partition coefficient (Wildman–Crippen LogP) is 4.35. The van der Waals surface area contributed by atoms with Gasteiger partial charge in [-0.05, 0) is 55.5 Å². The first-order valence-corrected chi connectivity index (χ1v) is 11.9. The Kier molecular flexibility index (Phi) is 7.87. The Labute approximate surface area is 190 Å². The van der Waals surface area contributed by atoms with Crippen molar-refractivity contribution in [1.82, 2.24) is 15.2 Å². The second kappa shape index (κ2) is 11.0. The van der Waals surface area contributed by atoms with E-state index in [-0.39, 0.29) is 24.2 Å². The quantitative estimate of drug-likeness (QED) is 0.697. The molecule has 1 aliphatic heterocycles. The van der Waals surface area contributed by atoms with Crippen LogP contribution in [0.25, 0.3) is 11.3 Å². The van der Waals surface area contributed by atoms with Gasteiger partial charge in [0.15, 0.2) is 0 Å². The molecule has 2 aromatic rings. The first kappa shape index (κ1) is 22.9. The molecule has 1 saturated heterocycles. The van der Waals surface area contributed by atoms with Crippen LogP contribution in [0.5, 0.6) is 0 Å². The minimum atomic E-state index is -0.282. The van der Waals surface area contributed by atoms with Crippen molar-refractivity contribution in [3.63, 3.8) is 0 Å². The molecule has 0 spiro atoms. The molecule has 32 heavy (non-hydrogen) atoms. The number of carbonyl (C=O) groups is 1. The number of amides is 1. The van der Waals surface area contributed by atoms with Crippen molar-refractivity contribution in [2.75, 3.05) is 26.3 Å². The summed E-state index contributed by atoms with van der Waals surface area (Å²) in [5.41, 5.74) is 2.63. The number of rotatable bonds is 7. The molecular formula is C26H34FN3O2. The number of nitrogens with one attached hydrogen (secondary N) is 1. The van der Waals surface area contributed by atoms with Crippen LogP contribution in [0.1, 0.15) is 50.3 Å². The van der Waals surface area contributed by atoms with Crippen LogP contribution in [-0.2, 0) is 22.5 Å². The third kappa shape index (κ3) is 6.14. The van der Waals surface area contributed by atoms with Crippen molar-refractivity contribution in [2.24, 2.45) is 5.92 Å². The van der Waals surface area contributed by atoms with E-state index in [1.165, 1.54) is 32.1 Å². The van der Waals surface area contributed by atoms with E-state index in [2.05, 4.69) is 22.1 Å². The highest BCUT2D eigenvalue weighted by Crippen LogP contribution is 2.26. The number of hydrogen-bond acceptors (Lipinski definition) is 4. The van der Waals surface area contributed by atoms with Gasteiger partial charge < -0.3 is 10.1 Å². The lowest BCUT2D eigenvalue weighted by molar-refractivity contribution is -0.121. The van der Waals surface area contributed by atoms with Crippen LogP contribution < -0.4 is 5.32 Å². The summed E-state index contributed by atoms with van der Waals surface area (Å²) in [6, 6.07) is 11.0. The molecule has 172 valence electrons. The van der Waals surface area contributed by atoms with Crippen LogP contribution >= 0.6 is 0 Å². The Morgan fingerprint density at radius 1 is 1.19 bits per heavy atom. The largest absolute Gasteiger partial charge is 0.379 e. The summed E-state index contributed by atoms with van der Waals surface area (Å²) in [7, 11) is 0. The Hall–Kier alpha value is -2.31. The highest BCUT2D eigenvalue weighted by Gasteiger charge is 2.21. The second-order valence-electron chi connectivity index (χ2n) is 9.15. The number of pyridine rings is 1. The van der Waals surface area contributed by atoms with E-state index in [9.17, 15) is 9.18 Å². The normalized spacial score (nSPS) is 18.9. The summed E-state index contributed by atoms with van der Waals surface area (Å²) in [6.07, 6.45) is 6.41. The lowest BCUT2D eigenvalue weighted by atomic mass is 9.84. The number of carbonyl (C=O) groups excluding carboxylic acids is 1. The molecule has 2 fully saturated rings. The number of halogens is 1. The fraction of sp³-hybridized carbons (Fsp3) is 0.538. The van der Waals surface area contributed by atoms with Gasteiger partial charge in [-0.2, -0.15) is 0 Å². The van der Waals surface area contributed by atoms with E-state index in [1.54, 1.807) is 18.2 Å². The minimum Gasteiger partial charge on any atom is -0.379 e. The zero-order valence-electron chi connectivity index (χ0n) is 19.0. The highest BCUT2D eigenvalue weighted by atomic mass is 19.1. The summed E-state index contributed by atoms with van der Waals surface area (Å²) in [5, 5.41) is 3.15. The van der Waals surface area contributed by atoms with Crippen LogP contribution in [0, 0.1) is 11.7 Å². The fourth-order valence-corrected chi connectivity index (χ4v) is 4.83. The Bertz CT molecular complexity index is 908. The first-order valence-electron chi connectivity index (χ1n) is 11.9. The Balaban J connectivity index is 1.38. The van der Waals surface area contributed by atoms with Crippen molar-refractivity contribution in [2.45, 2.75) is 58.0 Å². The van der Waals surface area contributed by atoms with Crippen molar-refractivity contribution < 1.29 is 13.9 Å². The van der Waals surface area contributed by atoms with Gasteiger partial charge in [0.25, 0.3) is 0 Å². The Morgan fingerprint density at radius 3 is 2.72 bits per heavy atom. The molecule has 1 atom stereocenters. The van der Waals surface area contributed by atoms with Crippen LogP contribution in [-0.4, -0.2) is 48.1 Å². The summed E-state index contributed by atoms with van der Waals surface area (Å²) in [4.78, 5) is 19.4. The monoisotopic (exact) mass is 439 g/mol. The second-order valence-corrected chi connectivity index (χ2v) is 9.15. The third-order valence-electron chi connectivity index (χ3n) is 6.71. The van der Waals surface area contributed by atoms with Gasteiger partial charge in [0.2, 0.25) is 5.91 Å². The molecule has 0 unspecified atom stereocenters. The topological polar surface area (TPSA) is 54.5 Å². The molecule has 1 aromatic heterocycles. The predicted molar refractivity (Wildman–Crippen MR) is 124 cm³/mol. The van der Waals surface area contributed by atoms with Gasteiger partial charge in [0.05, 0.1) is 31.0 Å². The summed E-state index contributed by atoms with van der Waals surface area (Å²) in [6.45, 7) is 6.01. The van der Waals surface area contributed by atoms with E-state index in [4.69, 9.17) is 4.74 Å². The van der Waals surface area contributed by atoms with Gasteiger partial charge in [0.1, 0.15) is 5.82 Å². The number of ether oxygens (including phenoxy) is 1. The number of nitrogens with zero attached hydrogens (tertiary/aromatic N) is 2. The molecule has 0 radical (unpaired) electrons. The van der Waals surface area contributed by atoms with Gasteiger partial charge in [-0.15, -0.1) is 0 Å². The van der Waals surface area contributed by atoms with Gasteiger partial charge in [-0.1, -0.05) is 31.4 Å². The van der Waals surface area contributed by atoms with Crippen LogP contribution in [0.3, 0.4) is 0 Å². The minimum absolute atomic E-state index is 0.0194. The van der Waals surface area contributed by atoms with E-state index in [1.807, 2.05) is 18.2 Å². The number of aromatic nitrogens is 1. The van der Waals surface area contributed by atoms with Gasteiger partial charge >= 0.3 is 0 Å². The van der Waals surface area contributed by atoms with E-state index < -0.39 is 0 Å². The molecule has 1 saturated carbocycles. The van der Waals surface area contributed by atoms with Gasteiger partial charge in [-0.25, -0.2) is 4.39 Å². The maximum atomic E-state index is 14.9. The maximum Gasteiger partial charge on any atom is 0.226 e. The van der Waals surface area contributed by atoms with Crippen molar-refractivity contribution >= 4 is 5.91 Å². The van der Waals surface area contributed by atoms with Gasteiger partial charge in [0, 0.05) is 31.2 Å². The standard InChI is InChI=1S/C26H34FN3O2/c1-19(21-6-3-2-4-7-21)28-26(31)17-22-8-5-9-25(29-22)23-11-10-20(16-24(23)27)18-30-12-14-32-15-13-30/h5,8-11,16,19,21H,2-4,6-7,12-15,17-18H2,1H3,(H,28,31)/t19-/m0/s1. The number of hydrogen-bond donors (Lipinski definition) is 1. The summed E-state index contributed by atoms with van der Waals surface area (Å²) in [5.74, 6) is 0.266. The van der Waals surface area contributed by atoms with E-state index in [0.29, 0.717) is 29.4 Å². The zero-order valence-corrected chi connectivity index (χ0v) is 19.0. The SMILES string of the molecule is C[C@H](NC(=O)Cc1cccc(-c2ccc(CN3CCOCC3)cc2F)n1)C1CCCCC1. The number of morpholine rings is 1. The molecule has 1 N–H and O–H groups in total. The van der Waals surface area contributed by atoms with Crippen LogP contribution in [0.15, 0.2) is 36.4 Å². The summed E-state index contributed by atoms with van der Waals surface area (Å²) >= 11 is 0. The van der Waals surface area contributed by atoms with Crippen LogP contribution in [0.2, 0.25) is 0 Å². The molecule has 4 rings (SSSR count). The molecule has 1 aliphatic carbocycles. The lowest BCUT2D eigenvalue weighted by Gasteiger charge is -2.28. The molecule has 1 amide bonds. The molecule has 6 heteroatoms. The smallest absolute Gasteiger partial charge is 0.226 e. The third-order valence-corrected chi connectivity index (χ3v) is 6.71. The van der Waals surface area contributed by atoms with E-state index in [0.717, 1.165) is 31.9 Å².